The first-order valence-electron chi connectivity index (χ1n) is 11.4. The summed E-state index contributed by atoms with van der Waals surface area (Å²) in [6, 6.07) is 16.0. The number of fused-ring (bicyclic) bond motifs is 1. The molecule has 3 aromatic heterocycles. The van der Waals surface area contributed by atoms with Crippen LogP contribution in [-0.2, 0) is 4.74 Å². The number of rotatable bonds is 7. The first-order valence-corrected chi connectivity index (χ1v) is 11.4. The summed E-state index contributed by atoms with van der Waals surface area (Å²) in [5.74, 6) is 0.631. The molecule has 4 rings (SSSR count). The minimum absolute atomic E-state index is 0.310. The van der Waals surface area contributed by atoms with Crippen LogP contribution in [0.25, 0.3) is 33.4 Å². The van der Waals surface area contributed by atoms with Gasteiger partial charge in [-0.05, 0) is 51.5 Å². The molecule has 4 aromatic rings. The van der Waals surface area contributed by atoms with Crippen LogP contribution in [0.1, 0.15) is 27.7 Å². The number of carbonyl (C=O) groups is 1. The second-order valence-electron chi connectivity index (χ2n) is 8.92. The average molecular weight is 459 g/mol. The van der Waals surface area contributed by atoms with Crippen molar-refractivity contribution < 1.29 is 14.3 Å². The molecule has 0 unspecified atom stereocenters. The summed E-state index contributed by atoms with van der Waals surface area (Å²) < 4.78 is 11.6. The van der Waals surface area contributed by atoms with Crippen LogP contribution in [0.5, 0.6) is 5.75 Å². The number of benzene rings is 1. The van der Waals surface area contributed by atoms with Crippen LogP contribution in [0.15, 0.2) is 67.1 Å². The van der Waals surface area contributed by atoms with Gasteiger partial charge in [0.25, 0.3) is 0 Å². The van der Waals surface area contributed by atoms with Crippen LogP contribution in [0.3, 0.4) is 0 Å². The van der Waals surface area contributed by atoms with E-state index in [-0.39, 0.29) is 6.09 Å². The number of ether oxygens (including phenoxy) is 2. The Balaban J connectivity index is 1.62. The zero-order chi connectivity index (χ0) is 24.1. The van der Waals surface area contributed by atoms with E-state index in [1.165, 1.54) is 0 Å². The highest BCUT2D eigenvalue weighted by Gasteiger charge is 2.22. The molecule has 0 spiro atoms. The number of H-pyrrole nitrogens is 1. The van der Waals surface area contributed by atoms with Gasteiger partial charge in [-0.1, -0.05) is 30.3 Å². The topological polar surface area (TPSA) is 80.3 Å². The average Bonchev–Trinajstić information content (AvgIpc) is 3.21. The number of likely N-dealkylation sites (N-methyl/N-ethyl adjacent to an activating group) is 1. The molecule has 0 atom stereocenters. The van der Waals surface area contributed by atoms with Gasteiger partial charge in [0.1, 0.15) is 18.0 Å². The van der Waals surface area contributed by atoms with Crippen LogP contribution in [0, 0.1) is 0 Å². The third kappa shape index (κ3) is 5.20. The number of nitrogens with one attached hydrogen (secondary N) is 1. The fraction of sp³-hybridized carbons (Fsp3) is 0.296. The molecule has 0 aliphatic carbocycles. The van der Waals surface area contributed by atoms with Crippen molar-refractivity contribution in [1.29, 1.82) is 0 Å². The van der Waals surface area contributed by atoms with Crippen molar-refractivity contribution in [3.05, 3.63) is 67.1 Å². The molecule has 7 heteroatoms. The molecule has 34 heavy (non-hydrogen) atoms. The van der Waals surface area contributed by atoms with Crippen molar-refractivity contribution in [1.82, 2.24) is 19.9 Å². The quantitative estimate of drug-likeness (QED) is 0.371. The monoisotopic (exact) mass is 458 g/mol. The normalized spacial score (nSPS) is 11.4. The third-order valence-electron chi connectivity index (χ3n) is 5.32. The van der Waals surface area contributed by atoms with Crippen LogP contribution >= 0.6 is 0 Å². The molecular formula is C27H30N4O3. The van der Waals surface area contributed by atoms with Gasteiger partial charge in [0, 0.05) is 30.1 Å². The van der Waals surface area contributed by atoms with E-state index in [0.29, 0.717) is 25.4 Å². The fourth-order valence-electron chi connectivity index (χ4n) is 3.78. The molecule has 0 saturated carbocycles. The Labute approximate surface area is 199 Å². The second-order valence-corrected chi connectivity index (χ2v) is 8.92. The van der Waals surface area contributed by atoms with Crippen LogP contribution in [0.2, 0.25) is 0 Å². The van der Waals surface area contributed by atoms with Gasteiger partial charge < -0.3 is 19.4 Å². The van der Waals surface area contributed by atoms with Gasteiger partial charge >= 0.3 is 6.09 Å². The third-order valence-corrected chi connectivity index (χ3v) is 5.32. The molecule has 0 saturated heterocycles. The number of amides is 1. The Morgan fingerprint density at radius 2 is 1.85 bits per heavy atom. The van der Waals surface area contributed by atoms with Crippen molar-refractivity contribution in [3.63, 3.8) is 0 Å². The number of pyridine rings is 2. The largest absolute Gasteiger partial charge is 0.489 e. The molecule has 1 N–H and O–H groups in total. The van der Waals surface area contributed by atoms with Crippen LogP contribution in [0.4, 0.5) is 4.79 Å². The zero-order valence-electron chi connectivity index (χ0n) is 20.0. The Kier molecular flexibility index (Phi) is 6.82. The lowest BCUT2D eigenvalue weighted by molar-refractivity contribution is 0.0237. The van der Waals surface area contributed by atoms with Crippen molar-refractivity contribution >= 4 is 17.1 Å². The fourth-order valence-corrected chi connectivity index (χ4v) is 3.78. The van der Waals surface area contributed by atoms with E-state index in [2.05, 4.69) is 27.1 Å². The molecule has 0 aliphatic heterocycles. The highest BCUT2D eigenvalue weighted by atomic mass is 16.6. The van der Waals surface area contributed by atoms with Gasteiger partial charge in [-0.2, -0.15) is 0 Å². The molecule has 176 valence electrons. The van der Waals surface area contributed by atoms with Gasteiger partial charge in [0.05, 0.1) is 29.5 Å². The summed E-state index contributed by atoms with van der Waals surface area (Å²) in [6.07, 6.45) is 4.90. The molecule has 0 aliphatic rings. The number of hydrogen-bond acceptors (Lipinski definition) is 5. The molecule has 0 bridgehead atoms. The first kappa shape index (κ1) is 23.3. The number of aromatic nitrogens is 3. The maximum Gasteiger partial charge on any atom is 0.410 e. The highest BCUT2D eigenvalue weighted by molar-refractivity contribution is 6.02. The van der Waals surface area contributed by atoms with Crippen molar-refractivity contribution in [3.8, 4) is 28.1 Å². The van der Waals surface area contributed by atoms with Crippen LogP contribution in [-0.4, -0.2) is 51.2 Å². The smallest absolute Gasteiger partial charge is 0.410 e. The zero-order valence-corrected chi connectivity index (χ0v) is 20.0. The maximum absolute atomic E-state index is 12.4. The number of hydrogen-bond donors (Lipinski definition) is 1. The van der Waals surface area contributed by atoms with E-state index in [1.807, 2.05) is 64.1 Å². The van der Waals surface area contributed by atoms with Gasteiger partial charge in [-0.3, -0.25) is 9.97 Å². The van der Waals surface area contributed by atoms with E-state index in [1.54, 1.807) is 23.5 Å². The van der Waals surface area contributed by atoms with Gasteiger partial charge in [0.2, 0.25) is 0 Å². The van der Waals surface area contributed by atoms with Crippen molar-refractivity contribution in [2.45, 2.75) is 33.3 Å². The van der Waals surface area contributed by atoms with Gasteiger partial charge in [-0.25, -0.2) is 4.79 Å². The number of nitrogens with zero attached hydrogens (tertiary/aromatic N) is 3. The molecule has 0 radical (unpaired) electrons. The molecule has 3 heterocycles. The molecule has 7 nitrogen and oxygen atoms in total. The highest BCUT2D eigenvalue weighted by Crippen LogP contribution is 2.40. The van der Waals surface area contributed by atoms with E-state index in [0.717, 1.165) is 33.4 Å². The maximum atomic E-state index is 12.4. The summed E-state index contributed by atoms with van der Waals surface area (Å²) in [6.45, 7) is 8.74. The first-order chi connectivity index (χ1) is 16.4. The van der Waals surface area contributed by atoms with Crippen molar-refractivity contribution in [2.75, 3.05) is 19.7 Å². The van der Waals surface area contributed by atoms with E-state index in [9.17, 15) is 4.79 Å². The second kappa shape index (κ2) is 9.95. The van der Waals surface area contributed by atoms with Gasteiger partial charge in [-0.15, -0.1) is 0 Å². The Morgan fingerprint density at radius 3 is 2.59 bits per heavy atom. The van der Waals surface area contributed by atoms with Crippen LogP contribution < -0.4 is 4.74 Å². The van der Waals surface area contributed by atoms with E-state index >= 15 is 0 Å². The lowest BCUT2D eigenvalue weighted by Crippen LogP contribution is -2.38. The Hall–Kier alpha value is -3.87. The molecular weight excluding hydrogens is 428 g/mol. The Bertz CT molecular complexity index is 1260. The van der Waals surface area contributed by atoms with E-state index < -0.39 is 5.60 Å². The predicted octanol–water partition coefficient (Wildman–Crippen LogP) is 5.93. The minimum atomic E-state index is -0.542. The molecule has 0 fully saturated rings. The summed E-state index contributed by atoms with van der Waals surface area (Å²) in [4.78, 5) is 26.5. The number of aromatic amines is 1. The molecule has 1 aromatic carbocycles. The Morgan fingerprint density at radius 1 is 1.06 bits per heavy atom. The number of carbonyl (C=O) groups excluding carboxylic acids is 1. The summed E-state index contributed by atoms with van der Waals surface area (Å²) in [5.41, 5.74) is 5.17. The summed E-state index contributed by atoms with van der Waals surface area (Å²) in [5, 5.41) is 0. The standard InChI is InChI=1S/C27H30N4O3/c1-5-31(26(32)34-27(2,3)4)16-17-33-22-18-28-15-13-20(22)24-23(19-10-7-6-8-11-19)25-21(30-24)12-9-14-29-25/h6-15,18,30H,5,16-17H2,1-4H3. The molecule has 1 amide bonds. The predicted molar refractivity (Wildman–Crippen MR) is 134 cm³/mol. The lowest BCUT2D eigenvalue weighted by Gasteiger charge is -2.26. The van der Waals surface area contributed by atoms with Gasteiger partial charge in [0.15, 0.2) is 0 Å². The van der Waals surface area contributed by atoms with E-state index in [4.69, 9.17) is 9.47 Å². The lowest BCUT2D eigenvalue weighted by atomic mass is 10.0. The minimum Gasteiger partial charge on any atom is -0.489 e. The summed E-state index contributed by atoms with van der Waals surface area (Å²) >= 11 is 0. The summed E-state index contributed by atoms with van der Waals surface area (Å²) in [7, 11) is 0. The SMILES string of the molecule is CCN(CCOc1cnccc1-c1[nH]c2cccnc2c1-c1ccccc1)C(=O)OC(C)(C)C. The van der Waals surface area contributed by atoms with Crippen molar-refractivity contribution in [2.24, 2.45) is 0 Å².